The van der Waals surface area contributed by atoms with Crippen LogP contribution in [0.25, 0.3) is 11.4 Å². The van der Waals surface area contributed by atoms with E-state index in [1.54, 1.807) is 0 Å². The molecule has 4 heteroatoms. The van der Waals surface area contributed by atoms with E-state index in [-0.39, 0.29) is 11.8 Å². The lowest BCUT2D eigenvalue weighted by molar-refractivity contribution is -0.117. The molecule has 0 unspecified atom stereocenters. The van der Waals surface area contributed by atoms with Crippen LogP contribution in [-0.4, -0.2) is 11.8 Å². The Bertz CT molecular complexity index is 1090. The minimum absolute atomic E-state index is 0.191. The van der Waals surface area contributed by atoms with Crippen LogP contribution >= 0.6 is 0 Å². The second-order valence-electron chi connectivity index (χ2n) is 8.79. The van der Waals surface area contributed by atoms with Gasteiger partial charge in [-0.1, -0.05) is 24.3 Å². The molecule has 2 aliphatic carbocycles. The lowest BCUT2D eigenvalue weighted by Gasteiger charge is -2.17. The summed E-state index contributed by atoms with van der Waals surface area (Å²) < 4.78 is 0. The van der Waals surface area contributed by atoms with E-state index in [0.29, 0.717) is 22.5 Å². The lowest BCUT2D eigenvalue weighted by Crippen LogP contribution is -2.21. The van der Waals surface area contributed by atoms with Crippen molar-refractivity contribution in [3.63, 3.8) is 0 Å². The Morgan fingerprint density at radius 2 is 0.933 bits per heavy atom. The van der Waals surface area contributed by atoms with Crippen molar-refractivity contribution < 1.29 is 9.59 Å². The van der Waals surface area contributed by atoms with Gasteiger partial charge >= 0.3 is 0 Å². The maximum atomic E-state index is 12.9. The van der Waals surface area contributed by atoms with E-state index in [9.17, 15) is 9.59 Å². The van der Waals surface area contributed by atoms with Crippen molar-refractivity contribution >= 4 is 23.2 Å². The predicted molar refractivity (Wildman–Crippen MR) is 116 cm³/mol. The molecular formula is C26H24N2O2. The summed E-state index contributed by atoms with van der Waals surface area (Å²) in [5.74, 6) is -0.382. The molecule has 0 bridgehead atoms. The minimum Gasteiger partial charge on any atom is -0.321 e. The van der Waals surface area contributed by atoms with Crippen LogP contribution in [0.4, 0.5) is 0 Å². The number of hydrogen-bond acceptors (Lipinski definition) is 2. The summed E-state index contributed by atoms with van der Waals surface area (Å²) in [4.78, 5) is 25.9. The van der Waals surface area contributed by atoms with Crippen LogP contribution in [0.5, 0.6) is 0 Å². The maximum Gasteiger partial charge on any atom is 0.258 e. The number of nitrogens with one attached hydrogen (secondary N) is 2. The summed E-state index contributed by atoms with van der Waals surface area (Å²) in [6.45, 7) is 0. The number of fused-ring (bicyclic) bond motifs is 3. The second-order valence-corrected chi connectivity index (χ2v) is 8.79. The highest BCUT2D eigenvalue weighted by Gasteiger charge is 2.41. The fraction of sp³-hybridized carbons (Fsp3) is 0.308. The van der Waals surface area contributed by atoms with Crippen LogP contribution < -0.4 is 10.6 Å². The topological polar surface area (TPSA) is 58.2 Å². The van der Waals surface area contributed by atoms with Gasteiger partial charge in [0.15, 0.2) is 0 Å². The van der Waals surface area contributed by atoms with Gasteiger partial charge in [0.1, 0.15) is 0 Å². The van der Waals surface area contributed by atoms with Gasteiger partial charge in [0.2, 0.25) is 0 Å². The van der Waals surface area contributed by atoms with Crippen molar-refractivity contribution in [1.82, 2.24) is 10.6 Å². The summed E-state index contributed by atoms with van der Waals surface area (Å²) in [6, 6.07) is 12.7. The average molecular weight is 396 g/mol. The van der Waals surface area contributed by atoms with E-state index in [1.165, 1.54) is 47.9 Å². The standard InChI is InChI=1S/C26H24N2O2/c29-25-21-22(24(28-25)20-12-10-16-6-2-4-8-18(16)14-20)26(30)27-23(21)19-11-9-15-5-1-3-7-17(15)13-19/h9-14H,1-8H2,(H,27,30)(H,28,29). The third kappa shape index (κ3) is 2.67. The number of hydrogen-bond donors (Lipinski definition) is 2. The summed E-state index contributed by atoms with van der Waals surface area (Å²) in [6.07, 6.45) is 9.21. The first kappa shape index (κ1) is 17.7. The zero-order valence-electron chi connectivity index (χ0n) is 16.9. The normalized spacial score (nSPS) is 20.0. The smallest absolute Gasteiger partial charge is 0.258 e. The molecule has 4 aliphatic rings. The molecule has 2 amide bonds. The number of amides is 2. The van der Waals surface area contributed by atoms with Crippen molar-refractivity contribution in [1.29, 1.82) is 0 Å². The van der Waals surface area contributed by atoms with E-state index >= 15 is 0 Å². The summed E-state index contributed by atoms with van der Waals surface area (Å²) in [5.41, 5.74) is 9.59. The summed E-state index contributed by atoms with van der Waals surface area (Å²) >= 11 is 0. The molecule has 0 saturated heterocycles. The zero-order valence-corrected chi connectivity index (χ0v) is 16.9. The van der Waals surface area contributed by atoms with Crippen LogP contribution in [0, 0.1) is 0 Å². The Labute approximate surface area is 176 Å². The van der Waals surface area contributed by atoms with E-state index in [4.69, 9.17) is 0 Å². The molecule has 30 heavy (non-hydrogen) atoms. The molecule has 0 atom stereocenters. The van der Waals surface area contributed by atoms with Gasteiger partial charge in [-0.15, -0.1) is 0 Å². The Kier molecular flexibility index (Phi) is 3.95. The molecule has 0 aromatic heterocycles. The number of carbonyl (C=O) groups excluding carboxylic acids is 2. The molecule has 4 nitrogen and oxygen atoms in total. The average Bonchev–Trinajstić information content (AvgIpc) is 3.31. The third-order valence-corrected chi connectivity index (χ3v) is 6.96. The fourth-order valence-corrected chi connectivity index (χ4v) is 5.39. The maximum absolute atomic E-state index is 12.9. The summed E-state index contributed by atoms with van der Waals surface area (Å²) in [7, 11) is 0. The largest absolute Gasteiger partial charge is 0.321 e. The molecule has 2 heterocycles. The summed E-state index contributed by atoms with van der Waals surface area (Å²) in [5, 5.41) is 5.99. The molecule has 0 radical (unpaired) electrons. The first-order chi connectivity index (χ1) is 14.7. The monoisotopic (exact) mass is 396 g/mol. The molecule has 0 spiro atoms. The highest BCUT2D eigenvalue weighted by molar-refractivity contribution is 6.30. The molecule has 2 aliphatic heterocycles. The van der Waals surface area contributed by atoms with Gasteiger partial charge in [-0.05, 0) is 96.9 Å². The molecule has 6 rings (SSSR count). The van der Waals surface area contributed by atoms with Crippen LogP contribution in [0.15, 0.2) is 47.5 Å². The lowest BCUT2D eigenvalue weighted by atomic mass is 9.89. The van der Waals surface area contributed by atoms with Gasteiger partial charge in [-0.25, -0.2) is 0 Å². The molecule has 0 fully saturated rings. The molecule has 2 aromatic carbocycles. The molecule has 2 N–H and O–H groups in total. The number of benzene rings is 2. The van der Waals surface area contributed by atoms with Crippen molar-refractivity contribution in [2.45, 2.75) is 51.4 Å². The van der Waals surface area contributed by atoms with Gasteiger partial charge < -0.3 is 10.6 Å². The highest BCUT2D eigenvalue weighted by atomic mass is 16.2. The van der Waals surface area contributed by atoms with Crippen molar-refractivity contribution in [3.05, 3.63) is 80.9 Å². The second kappa shape index (κ2) is 6.69. The van der Waals surface area contributed by atoms with Gasteiger partial charge in [0.25, 0.3) is 11.8 Å². The van der Waals surface area contributed by atoms with Crippen LogP contribution in [0.1, 0.15) is 59.1 Å². The van der Waals surface area contributed by atoms with E-state index in [2.05, 4.69) is 34.9 Å². The van der Waals surface area contributed by atoms with E-state index < -0.39 is 0 Å². The van der Waals surface area contributed by atoms with Crippen molar-refractivity contribution in [2.24, 2.45) is 0 Å². The Hall–Kier alpha value is -3.14. The Balaban J connectivity index is 1.46. The van der Waals surface area contributed by atoms with E-state index in [1.807, 2.05) is 12.1 Å². The van der Waals surface area contributed by atoms with Crippen LogP contribution in [0.3, 0.4) is 0 Å². The predicted octanol–water partition coefficient (Wildman–Crippen LogP) is 3.83. The Morgan fingerprint density at radius 1 is 0.533 bits per heavy atom. The number of carbonyl (C=O) groups is 2. The molecule has 0 saturated carbocycles. The Morgan fingerprint density at radius 3 is 1.37 bits per heavy atom. The molecule has 2 aromatic rings. The number of rotatable bonds is 2. The minimum atomic E-state index is -0.191. The van der Waals surface area contributed by atoms with Gasteiger partial charge in [0, 0.05) is 0 Å². The van der Waals surface area contributed by atoms with Gasteiger partial charge in [-0.3, -0.25) is 9.59 Å². The van der Waals surface area contributed by atoms with Crippen LogP contribution in [-0.2, 0) is 35.3 Å². The molecular weight excluding hydrogens is 372 g/mol. The van der Waals surface area contributed by atoms with Crippen molar-refractivity contribution in [3.8, 4) is 0 Å². The quantitative estimate of drug-likeness (QED) is 0.811. The van der Waals surface area contributed by atoms with Crippen LogP contribution in [0.2, 0.25) is 0 Å². The highest BCUT2D eigenvalue weighted by Crippen LogP contribution is 2.38. The van der Waals surface area contributed by atoms with Gasteiger partial charge in [-0.2, -0.15) is 0 Å². The SMILES string of the molecule is O=C1NC(c2ccc3c(c2)CCCC3)=C2C(=O)NC(c3ccc4c(c3)CCCC4)=C12. The first-order valence-corrected chi connectivity index (χ1v) is 11.0. The van der Waals surface area contributed by atoms with Gasteiger partial charge in [0.05, 0.1) is 22.5 Å². The third-order valence-electron chi connectivity index (χ3n) is 6.96. The molecule has 150 valence electrons. The fourth-order valence-electron chi connectivity index (χ4n) is 5.39. The zero-order chi connectivity index (χ0) is 20.2. The van der Waals surface area contributed by atoms with E-state index in [0.717, 1.165) is 36.8 Å². The number of aryl methyl sites for hydroxylation is 4. The first-order valence-electron chi connectivity index (χ1n) is 11.0. The van der Waals surface area contributed by atoms with Crippen molar-refractivity contribution in [2.75, 3.05) is 0 Å².